The molecule has 1 aliphatic heterocycles. The van der Waals surface area contributed by atoms with E-state index in [1.807, 2.05) is 11.8 Å². The van der Waals surface area contributed by atoms with Crippen LogP contribution in [0.5, 0.6) is 0 Å². The van der Waals surface area contributed by atoms with Crippen molar-refractivity contribution in [3.63, 3.8) is 0 Å². The minimum Gasteiger partial charge on any atom is -0.378 e. The lowest BCUT2D eigenvalue weighted by molar-refractivity contribution is -0.133. The third-order valence-electron chi connectivity index (χ3n) is 3.55. The van der Waals surface area contributed by atoms with Crippen molar-refractivity contribution in [2.45, 2.75) is 32.3 Å². The Bertz CT molecular complexity index is 471. The lowest BCUT2D eigenvalue weighted by Crippen LogP contribution is -2.41. The molecular formula is C15H19Cl2NO2. The molecule has 0 bridgehead atoms. The summed E-state index contributed by atoms with van der Waals surface area (Å²) in [5.74, 6) is 0.101. The zero-order chi connectivity index (χ0) is 14.5. The Labute approximate surface area is 129 Å². The molecule has 1 aliphatic rings. The summed E-state index contributed by atoms with van der Waals surface area (Å²) in [6.07, 6.45) is 2.41. The standard InChI is InChI=1S/C15H19Cl2NO2/c1-2-20-13-5-7-18(8-6-13)15(19)10-11-9-12(16)3-4-14(11)17/h3-4,9,13H,2,5-8,10H2,1H3. The Morgan fingerprint density at radius 2 is 2.05 bits per heavy atom. The van der Waals surface area contributed by atoms with Crippen molar-refractivity contribution in [3.05, 3.63) is 33.8 Å². The van der Waals surface area contributed by atoms with Crippen LogP contribution < -0.4 is 0 Å². The Hall–Kier alpha value is -0.770. The van der Waals surface area contributed by atoms with Crippen LogP contribution in [0.1, 0.15) is 25.3 Å². The molecule has 1 amide bonds. The van der Waals surface area contributed by atoms with Crippen LogP contribution >= 0.6 is 23.2 Å². The number of piperidine rings is 1. The second-order valence-corrected chi connectivity index (χ2v) is 5.79. The lowest BCUT2D eigenvalue weighted by Gasteiger charge is -2.32. The van der Waals surface area contributed by atoms with Gasteiger partial charge in [-0.25, -0.2) is 0 Å². The number of carbonyl (C=O) groups is 1. The highest BCUT2D eigenvalue weighted by atomic mass is 35.5. The van der Waals surface area contributed by atoms with E-state index in [4.69, 9.17) is 27.9 Å². The molecule has 20 heavy (non-hydrogen) atoms. The van der Waals surface area contributed by atoms with Crippen LogP contribution in [0.25, 0.3) is 0 Å². The lowest BCUT2D eigenvalue weighted by atomic mass is 10.1. The third-order valence-corrected chi connectivity index (χ3v) is 4.15. The average Bonchev–Trinajstić information content (AvgIpc) is 2.44. The highest BCUT2D eigenvalue weighted by Crippen LogP contribution is 2.22. The Morgan fingerprint density at radius 1 is 1.35 bits per heavy atom. The SMILES string of the molecule is CCOC1CCN(C(=O)Cc2cc(Cl)ccc2Cl)CC1. The topological polar surface area (TPSA) is 29.5 Å². The summed E-state index contributed by atoms with van der Waals surface area (Å²) in [6.45, 7) is 4.23. The maximum Gasteiger partial charge on any atom is 0.227 e. The van der Waals surface area contributed by atoms with Crippen molar-refractivity contribution in [1.82, 2.24) is 4.90 Å². The van der Waals surface area contributed by atoms with Crippen molar-refractivity contribution >= 4 is 29.1 Å². The van der Waals surface area contributed by atoms with Crippen LogP contribution in [-0.4, -0.2) is 36.6 Å². The van der Waals surface area contributed by atoms with Gasteiger partial charge in [-0.15, -0.1) is 0 Å². The second-order valence-electron chi connectivity index (χ2n) is 4.95. The molecule has 3 nitrogen and oxygen atoms in total. The van der Waals surface area contributed by atoms with Crippen LogP contribution in [0, 0.1) is 0 Å². The first kappa shape index (κ1) is 15.6. The highest BCUT2D eigenvalue weighted by molar-refractivity contribution is 6.33. The summed E-state index contributed by atoms with van der Waals surface area (Å²) in [5.41, 5.74) is 0.788. The second kappa shape index (κ2) is 7.30. The summed E-state index contributed by atoms with van der Waals surface area (Å²) in [7, 11) is 0. The summed E-state index contributed by atoms with van der Waals surface area (Å²) in [6, 6.07) is 5.22. The number of hydrogen-bond acceptors (Lipinski definition) is 2. The molecule has 1 aromatic rings. The number of carbonyl (C=O) groups excluding carboxylic acids is 1. The first-order valence-corrected chi connectivity index (χ1v) is 7.69. The molecule has 0 aromatic heterocycles. The molecule has 1 fully saturated rings. The Balaban J connectivity index is 1.91. The van der Waals surface area contributed by atoms with Crippen LogP contribution in [0.4, 0.5) is 0 Å². The summed E-state index contributed by atoms with van der Waals surface area (Å²) in [5, 5.41) is 1.19. The molecule has 5 heteroatoms. The smallest absolute Gasteiger partial charge is 0.227 e. The van der Waals surface area contributed by atoms with E-state index in [0.717, 1.165) is 38.1 Å². The van der Waals surface area contributed by atoms with Gasteiger partial charge in [-0.2, -0.15) is 0 Å². The van der Waals surface area contributed by atoms with E-state index < -0.39 is 0 Å². The van der Waals surface area contributed by atoms with Crippen LogP contribution in [0.3, 0.4) is 0 Å². The summed E-state index contributed by atoms with van der Waals surface area (Å²) >= 11 is 12.0. The van der Waals surface area contributed by atoms with Crippen molar-refractivity contribution in [2.24, 2.45) is 0 Å². The highest BCUT2D eigenvalue weighted by Gasteiger charge is 2.23. The van der Waals surface area contributed by atoms with Gasteiger partial charge in [0.05, 0.1) is 12.5 Å². The average molecular weight is 316 g/mol. The fourth-order valence-corrected chi connectivity index (χ4v) is 2.84. The van der Waals surface area contributed by atoms with Gasteiger partial charge in [0.2, 0.25) is 5.91 Å². The van der Waals surface area contributed by atoms with Crippen LogP contribution in [0.15, 0.2) is 18.2 Å². The van der Waals surface area contributed by atoms with E-state index in [1.54, 1.807) is 18.2 Å². The molecule has 110 valence electrons. The van der Waals surface area contributed by atoms with Gasteiger partial charge in [0, 0.05) is 29.7 Å². The molecule has 1 aromatic carbocycles. The molecule has 1 saturated heterocycles. The largest absolute Gasteiger partial charge is 0.378 e. The Morgan fingerprint density at radius 3 is 2.70 bits per heavy atom. The predicted molar refractivity (Wildman–Crippen MR) is 81.4 cm³/mol. The van der Waals surface area contributed by atoms with Crippen molar-refractivity contribution in [3.8, 4) is 0 Å². The maximum absolute atomic E-state index is 12.3. The number of nitrogens with zero attached hydrogens (tertiary/aromatic N) is 1. The molecule has 0 N–H and O–H groups in total. The first-order valence-electron chi connectivity index (χ1n) is 6.93. The van der Waals surface area contributed by atoms with Gasteiger partial charge in [0.25, 0.3) is 0 Å². The van der Waals surface area contributed by atoms with Gasteiger partial charge in [0.1, 0.15) is 0 Å². The van der Waals surface area contributed by atoms with Crippen molar-refractivity contribution < 1.29 is 9.53 Å². The van der Waals surface area contributed by atoms with Gasteiger partial charge < -0.3 is 9.64 Å². The summed E-state index contributed by atoms with van der Waals surface area (Å²) < 4.78 is 5.59. The van der Waals surface area contributed by atoms with Gasteiger partial charge in [-0.1, -0.05) is 23.2 Å². The van der Waals surface area contributed by atoms with Gasteiger partial charge >= 0.3 is 0 Å². The minimum atomic E-state index is 0.101. The molecule has 0 spiro atoms. The van der Waals surface area contributed by atoms with E-state index in [0.29, 0.717) is 22.6 Å². The van der Waals surface area contributed by atoms with E-state index in [2.05, 4.69) is 0 Å². The minimum absolute atomic E-state index is 0.101. The molecule has 2 rings (SSSR count). The number of benzene rings is 1. The van der Waals surface area contributed by atoms with E-state index in [-0.39, 0.29) is 5.91 Å². The Kier molecular flexibility index (Phi) is 5.70. The van der Waals surface area contributed by atoms with Gasteiger partial charge in [-0.3, -0.25) is 4.79 Å². The van der Waals surface area contributed by atoms with Gasteiger partial charge in [0.15, 0.2) is 0 Å². The molecule has 0 atom stereocenters. The molecule has 0 aliphatic carbocycles. The number of ether oxygens (including phenoxy) is 1. The van der Waals surface area contributed by atoms with Crippen molar-refractivity contribution in [2.75, 3.05) is 19.7 Å². The number of rotatable bonds is 4. The normalized spacial score (nSPS) is 16.4. The van der Waals surface area contributed by atoms with E-state index in [9.17, 15) is 4.79 Å². The maximum atomic E-state index is 12.3. The zero-order valence-corrected chi connectivity index (χ0v) is 13.1. The predicted octanol–water partition coefficient (Wildman–Crippen LogP) is 3.56. The molecular weight excluding hydrogens is 297 g/mol. The van der Waals surface area contributed by atoms with Crippen LogP contribution in [0.2, 0.25) is 10.0 Å². The van der Waals surface area contributed by atoms with E-state index >= 15 is 0 Å². The van der Waals surface area contributed by atoms with Crippen LogP contribution in [-0.2, 0) is 16.0 Å². The number of amides is 1. The molecule has 0 radical (unpaired) electrons. The number of halogens is 2. The fourth-order valence-electron chi connectivity index (χ4n) is 2.46. The zero-order valence-electron chi connectivity index (χ0n) is 11.6. The third kappa shape index (κ3) is 4.11. The first-order chi connectivity index (χ1) is 9.60. The molecule has 1 heterocycles. The van der Waals surface area contributed by atoms with Crippen molar-refractivity contribution in [1.29, 1.82) is 0 Å². The van der Waals surface area contributed by atoms with E-state index in [1.165, 1.54) is 0 Å². The summed E-state index contributed by atoms with van der Waals surface area (Å²) in [4.78, 5) is 14.2. The van der Waals surface area contributed by atoms with Gasteiger partial charge in [-0.05, 0) is 43.5 Å². The number of likely N-dealkylation sites (tertiary alicyclic amines) is 1. The fraction of sp³-hybridized carbons (Fsp3) is 0.533. The molecule has 0 unspecified atom stereocenters. The monoisotopic (exact) mass is 315 g/mol. The molecule has 0 saturated carbocycles. The quantitative estimate of drug-likeness (QED) is 0.850. The number of hydrogen-bond donors (Lipinski definition) is 0.